The molecule has 1 aliphatic heterocycles. The Morgan fingerprint density at radius 3 is 3.00 bits per heavy atom. The Morgan fingerprint density at radius 1 is 1.50 bits per heavy atom. The Bertz CT molecular complexity index is 447. The zero-order valence-corrected chi connectivity index (χ0v) is 14.1. The van der Waals surface area contributed by atoms with Gasteiger partial charge in [-0.15, -0.1) is 0 Å². The molecule has 0 saturated heterocycles. The molecule has 1 N–H and O–H groups in total. The van der Waals surface area contributed by atoms with Gasteiger partial charge in [0, 0.05) is 14.5 Å². The molecule has 0 aromatic heterocycles. The van der Waals surface area contributed by atoms with Gasteiger partial charge in [-0.1, -0.05) is 22.9 Å². The third-order valence-corrected chi connectivity index (χ3v) is 4.28. The Hall–Kier alpha value is -0.0700. The third kappa shape index (κ3) is 3.48. The second kappa shape index (κ2) is 6.91. The summed E-state index contributed by atoms with van der Waals surface area (Å²) in [6.45, 7) is 3.97. The van der Waals surface area contributed by atoms with Crippen LogP contribution in [0.25, 0.3) is 0 Å². The zero-order valence-electron chi connectivity index (χ0n) is 10.4. The number of nitrogens with one attached hydrogen (secondary N) is 1. The Morgan fingerprint density at radius 2 is 2.33 bits per heavy atom. The highest BCUT2D eigenvalue weighted by Crippen LogP contribution is 2.32. The number of hydrogen-bond acceptors (Lipinski definition) is 2. The Kier molecular flexibility index (Phi) is 5.51. The number of benzene rings is 1. The van der Waals surface area contributed by atoms with Crippen molar-refractivity contribution in [2.24, 2.45) is 0 Å². The maximum absolute atomic E-state index is 5.74. The summed E-state index contributed by atoms with van der Waals surface area (Å²) in [7, 11) is 0. The molecule has 1 heterocycles. The van der Waals surface area contributed by atoms with Crippen LogP contribution >= 0.6 is 38.5 Å². The molecule has 0 saturated carbocycles. The van der Waals surface area contributed by atoms with Crippen molar-refractivity contribution in [3.05, 3.63) is 43.6 Å². The molecular weight excluding hydrogens is 405 g/mol. The summed E-state index contributed by atoms with van der Waals surface area (Å²) < 4.78 is 8.11. The predicted octanol–water partition coefficient (Wildman–Crippen LogP) is 4.40. The summed E-state index contributed by atoms with van der Waals surface area (Å²) in [5.74, 6) is 1.06. The first-order chi connectivity index (χ1) is 8.72. The van der Waals surface area contributed by atoms with E-state index in [0.29, 0.717) is 0 Å². The average Bonchev–Trinajstić information content (AvgIpc) is 2.88. The van der Waals surface area contributed by atoms with Crippen molar-refractivity contribution in [1.82, 2.24) is 5.32 Å². The van der Waals surface area contributed by atoms with Gasteiger partial charge in [0.1, 0.15) is 5.76 Å². The van der Waals surface area contributed by atoms with E-state index in [0.717, 1.165) is 36.2 Å². The third-order valence-electron chi connectivity index (χ3n) is 2.88. The summed E-state index contributed by atoms with van der Waals surface area (Å²) in [5.41, 5.74) is 1.25. The highest BCUT2D eigenvalue weighted by Gasteiger charge is 2.22. The minimum atomic E-state index is 0.163. The number of halogens is 2. The Labute approximate surface area is 130 Å². The predicted molar refractivity (Wildman–Crippen MR) is 86.5 cm³/mol. The van der Waals surface area contributed by atoms with Crippen LogP contribution in [0.5, 0.6) is 0 Å². The van der Waals surface area contributed by atoms with E-state index in [-0.39, 0.29) is 6.04 Å². The first-order valence-electron chi connectivity index (χ1n) is 6.23. The van der Waals surface area contributed by atoms with Gasteiger partial charge in [-0.25, -0.2) is 0 Å². The second-order valence-electron chi connectivity index (χ2n) is 4.30. The lowest BCUT2D eigenvalue weighted by Gasteiger charge is -2.21. The van der Waals surface area contributed by atoms with Crippen LogP contribution < -0.4 is 5.32 Å². The van der Waals surface area contributed by atoms with E-state index in [4.69, 9.17) is 4.74 Å². The molecule has 0 fully saturated rings. The second-order valence-corrected chi connectivity index (χ2v) is 6.40. The molecule has 4 heteroatoms. The van der Waals surface area contributed by atoms with Crippen LogP contribution in [0.3, 0.4) is 0 Å². The van der Waals surface area contributed by atoms with E-state index in [1.807, 2.05) is 0 Å². The molecule has 0 bridgehead atoms. The monoisotopic (exact) mass is 421 g/mol. The van der Waals surface area contributed by atoms with Crippen LogP contribution in [0, 0.1) is 3.57 Å². The molecule has 1 unspecified atom stereocenters. The lowest BCUT2D eigenvalue weighted by atomic mass is 10.0. The Balaban J connectivity index is 2.29. The molecule has 18 heavy (non-hydrogen) atoms. The average molecular weight is 422 g/mol. The van der Waals surface area contributed by atoms with Gasteiger partial charge in [0.05, 0.1) is 12.6 Å². The summed E-state index contributed by atoms with van der Waals surface area (Å²) in [4.78, 5) is 0. The van der Waals surface area contributed by atoms with Gasteiger partial charge < -0.3 is 10.1 Å². The van der Waals surface area contributed by atoms with Gasteiger partial charge in [0.2, 0.25) is 0 Å². The van der Waals surface area contributed by atoms with Gasteiger partial charge in [-0.05, 0) is 65.4 Å². The van der Waals surface area contributed by atoms with Gasteiger partial charge in [0.25, 0.3) is 0 Å². The molecule has 0 radical (unpaired) electrons. The molecule has 1 aromatic rings. The molecule has 2 nitrogen and oxygen atoms in total. The molecule has 1 aromatic carbocycles. The highest BCUT2D eigenvalue weighted by atomic mass is 127. The summed E-state index contributed by atoms with van der Waals surface area (Å²) >= 11 is 5.99. The maximum atomic E-state index is 5.74. The van der Waals surface area contributed by atoms with Crippen LogP contribution in [-0.4, -0.2) is 13.2 Å². The maximum Gasteiger partial charge on any atom is 0.114 e. The van der Waals surface area contributed by atoms with E-state index >= 15 is 0 Å². The highest BCUT2D eigenvalue weighted by molar-refractivity contribution is 14.1. The summed E-state index contributed by atoms with van der Waals surface area (Å²) in [6.07, 6.45) is 4.33. The van der Waals surface area contributed by atoms with E-state index in [1.165, 1.54) is 9.13 Å². The smallest absolute Gasteiger partial charge is 0.114 e. The number of rotatable bonds is 5. The topological polar surface area (TPSA) is 21.3 Å². The van der Waals surface area contributed by atoms with Crippen LogP contribution in [-0.2, 0) is 4.74 Å². The SMILES string of the molecule is CCCNC(C1=CCCO1)c1cc(I)ccc1Br. The van der Waals surface area contributed by atoms with Crippen molar-refractivity contribution in [2.75, 3.05) is 13.2 Å². The largest absolute Gasteiger partial charge is 0.496 e. The molecule has 2 rings (SSSR count). The standard InChI is InChI=1S/C14H17BrINO/c1-2-7-17-14(13-4-3-8-18-13)11-9-10(16)5-6-12(11)15/h4-6,9,14,17H,2-3,7-8H2,1H3. The van der Waals surface area contributed by atoms with Crippen molar-refractivity contribution in [3.63, 3.8) is 0 Å². The fourth-order valence-electron chi connectivity index (χ4n) is 2.03. The molecule has 1 aliphatic rings. The van der Waals surface area contributed by atoms with Crippen molar-refractivity contribution in [1.29, 1.82) is 0 Å². The van der Waals surface area contributed by atoms with E-state index in [9.17, 15) is 0 Å². The molecular formula is C14H17BrINO. The lowest BCUT2D eigenvalue weighted by molar-refractivity contribution is 0.215. The van der Waals surface area contributed by atoms with Crippen molar-refractivity contribution >= 4 is 38.5 Å². The molecule has 0 amide bonds. The molecule has 0 aliphatic carbocycles. The summed E-state index contributed by atoms with van der Waals surface area (Å²) in [6, 6.07) is 6.58. The zero-order chi connectivity index (χ0) is 13.0. The minimum absolute atomic E-state index is 0.163. The van der Waals surface area contributed by atoms with Crippen LogP contribution in [0.2, 0.25) is 0 Å². The van der Waals surface area contributed by atoms with Crippen molar-refractivity contribution in [2.45, 2.75) is 25.8 Å². The fraction of sp³-hybridized carbons (Fsp3) is 0.429. The van der Waals surface area contributed by atoms with Crippen LogP contribution in [0.4, 0.5) is 0 Å². The van der Waals surface area contributed by atoms with Gasteiger partial charge >= 0.3 is 0 Å². The van der Waals surface area contributed by atoms with Gasteiger partial charge in [-0.3, -0.25) is 0 Å². The normalized spacial score (nSPS) is 16.3. The van der Waals surface area contributed by atoms with Crippen molar-refractivity contribution in [3.8, 4) is 0 Å². The molecule has 98 valence electrons. The van der Waals surface area contributed by atoms with E-state index in [2.05, 4.69) is 75.0 Å². The molecule has 0 spiro atoms. The van der Waals surface area contributed by atoms with E-state index in [1.54, 1.807) is 0 Å². The first-order valence-corrected chi connectivity index (χ1v) is 8.10. The van der Waals surface area contributed by atoms with Crippen molar-refractivity contribution < 1.29 is 4.74 Å². The summed E-state index contributed by atoms with van der Waals surface area (Å²) in [5, 5.41) is 3.57. The number of ether oxygens (including phenoxy) is 1. The van der Waals surface area contributed by atoms with Crippen LogP contribution in [0.1, 0.15) is 31.4 Å². The number of hydrogen-bond donors (Lipinski definition) is 1. The first kappa shape index (κ1) is 14.3. The molecule has 1 atom stereocenters. The fourth-order valence-corrected chi connectivity index (χ4v) is 3.02. The minimum Gasteiger partial charge on any atom is -0.496 e. The van der Waals surface area contributed by atoms with Gasteiger partial charge in [0.15, 0.2) is 0 Å². The lowest BCUT2D eigenvalue weighted by Crippen LogP contribution is -2.24. The van der Waals surface area contributed by atoms with E-state index < -0.39 is 0 Å². The van der Waals surface area contributed by atoms with Gasteiger partial charge in [-0.2, -0.15) is 0 Å². The van der Waals surface area contributed by atoms with Crippen LogP contribution in [0.15, 0.2) is 34.5 Å². The quantitative estimate of drug-likeness (QED) is 0.711.